The Bertz CT molecular complexity index is 298. The Hall–Kier alpha value is -0.580. The molecule has 15 heavy (non-hydrogen) atoms. The van der Waals surface area contributed by atoms with Crippen molar-refractivity contribution in [2.75, 3.05) is 5.75 Å². The van der Waals surface area contributed by atoms with E-state index < -0.39 is 40.3 Å². The zero-order valence-electron chi connectivity index (χ0n) is 7.46. The molecule has 0 amide bonds. The van der Waals surface area contributed by atoms with Crippen molar-refractivity contribution in [3.05, 3.63) is 0 Å². The van der Waals surface area contributed by atoms with Crippen molar-refractivity contribution < 1.29 is 38.2 Å². The van der Waals surface area contributed by atoms with E-state index in [1.165, 1.54) is 0 Å². The predicted molar refractivity (Wildman–Crippen MR) is 46.5 cm³/mol. The molecule has 4 unspecified atom stereocenters. The van der Waals surface area contributed by atoms with Gasteiger partial charge in [-0.05, 0) is 0 Å². The van der Waals surface area contributed by atoms with Crippen LogP contribution in [0.3, 0.4) is 0 Å². The molecule has 0 fully saturated rings. The molecule has 9 heteroatoms. The van der Waals surface area contributed by atoms with Gasteiger partial charge in [0.1, 0.15) is 24.1 Å². The second kappa shape index (κ2) is 5.49. The van der Waals surface area contributed by atoms with Gasteiger partial charge in [0.05, 0.1) is 6.10 Å². The maximum absolute atomic E-state index is 10.3. The Kier molecular flexibility index (Phi) is 5.28. The first-order valence-corrected chi connectivity index (χ1v) is 5.42. The Morgan fingerprint density at radius 2 is 1.53 bits per heavy atom. The zero-order valence-corrected chi connectivity index (χ0v) is 8.28. The van der Waals surface area contributed by atoms with E-state index >= 15 is 0 Å². The Morgan fingerprint density at radius 1 is 1.07 bits per heavy atom. The van der Waals surface area contributed by atoms with Crippen LogP contribution in [0.5, 0.6) is 0 Å². The minimum atomic E-state index is -4.53. The van der Waals surface area contributed by atoms with Crippen LogP contribution in [0.15, 0.2) is 0 Å². The Balaban J connectivity index is 4.44. The molecule has 0 heterocycles. The van der Waals surface area contributed by atoms with Gasteiger partial charge in [0.25, 0.3) is 10.1 Å². The van der Waals surface area contributed by atoms with Crippen LogP contribution in [0.1, 0.15) is 0 Å². The van der Waals surface area contributed by atoms with E-state index in [2.05, 4.69) is 0 Å². The summed E-state index contributed by atoms with van der Waals surface area (Å²) in [5.74, 6) is -1.21. The van der Waals surface area contributed by atoms with Crippen LogP contribution in [0.25, 0.3) is 0 Å². The summed E-state index contributed by atoms with van der Waals surface area (Å²) in [7, 11) is -4.53. The third-order valence-corrected chi connectivity index (χ3v) is 2.38. The largest absolute Gasteiger partial charge is 0.389 e. The molecule has 90 valence electrons. The van der Waals surface area contributed by atoms with Gasteiger partial charge in [0, 0.05) is 0 Å². The summed E-state index contributed by atoms with van der Waals surface area (Å²) in [5, 5.41) is 35.8. The van der Waals surface area contributed by atoms with Crippen molar-refractivity contribution in [1.29, 1.82) is 0 Å². The molecular weight excluding hydrogens is 232 g/mol. The molecule has 0 aliphatic rings. The molecule has 0 aromatic rings. The highest BCUT2D eigenvalue weighted by molar-refractivity contribution is 7.85. The van der Waals surface area contributed by atoms with Gasteiger partial charge in [-0.3, -0.25) is 4.55 Å². The van der Waals surface area contributed by atoms with Crippen molar-refractivity contribution in [3.63, 3.8) is 0 Å². The normalized spacial score (nSPS) is 20.3. The fourth-order valence-corrected chi connectivity index (χ4v) is 1.45. The lowest BCUT2D eigenvalue weighted by atomic mass is 10.1. The van der Waals surface area contributed by atoms with E-state index in [-0.39, 0.29) is 6.29 Å². The second-order valence-corrected chi connectivity index (χ2v) is 4.42. The van der Waals surface area contributed by atoms with Crippen molar-refractivity contribution in [2.24, 2.45) is 0 Å². The fraction of sp³-hybridized carbons (Fsp3) is 0.833. The van der Waals surface area contributed by atoms with Gasteiger partial charge in [-0.2, -0.15) is 8.42 Å². The monoisotopic (exact) mass is 244 g/mol. The van der Waals surface area contributed by atoms with Gasteiger partial charge in [0.15, 0.2) is 6.29 Å². The molecule has 0 saturated carbocycles. The molecular formula is C6H12O8S. The maximum atomic E-state index is 10.3. The van der Waals surface area contributed by atoms with Crippen LogP contribution in [0.4, 0.5) is 0 Å². The summed E-state index contributed by atoms with van der Waals surface area (Å²) in [6.45, 7) is 0. The molecule has 0 saturated heterocycles. The van der Waals surface area contributed by atoms with Gasteiger partial charge in [-0.15, -0.1) is 0 Å². The van der Waals surface area contributed by atoms with Crippen LogP contribution < -0.4 is 0 Å². The molecule has 0 bridgehead atoms. The average Bonchev–Trinajstić information content (AvgIpc) is 2.11. The number of rotatable bonds is 6. The van der Waals surface area contributed by atoms with Gasteiger partial charge in [0.2, 0.25) is 0 Å². The SMILES string of the molecule is O=CC(O)C(O)C(O)C(O)CS(=O)(=O)O. The number of hydrogen-bond donors (Lipinski definition) is 5. The molecule has 4 atom stereocenters. The van der Waals surface area contributed by atoms with Crippen LogP contribution in [0.2, 0.25) is 0 Å². The highest BCUT2D eigenvalue weighted by Crippen LogP contribution is 2.05. The van der Waals surface area contributed by atoms with Crippen LogP contribution in [0, 0.1) is 0 Å². The number of aldehydes is 1. The van der Waals surface area contributed by atoms with E-state index in [4.69, 9.17) is 25.0 Å². The first-order chi connectivity index (χ1) is 6.69. The molecule has 0 aliphatic carbocycles. The number of carbonyl (C=O) groups excluding carboxylic acids is 1. The lowest BCUT2D eigenvalue weighted by molar-refractivity contribution is -0.132. The van der Waals surface area contributed by atoms with Gasteiger partial charge in [-0.25, -0.2) is 0 Å². The van der Waals surface area contributed by atoms with E-state index in [1.54, 1.807) is 0 Å². The van der Waals surface area contributed by atoms with Gasteiger partial charge < -0.3 is 25.2 Å². The Morgan fingerprint density at radius 3 is 1.87 bits per heavy atom. The standard InChI is InChI=1S/C6H12O8S/c7-1-3(8)5(10)6(11)4(9)2-15(12,13)14/h1,3-6,8-11H,2H2,(H,12,13,14). The molecule has 0 radical (unpaired) electrons. The summed E-state index contributed by atoms with van der Waals surface area (Å²) in [4.78, 5) is 9.99. The topological polar surface area (TPSA) is 152 Å². The summed E-state index contributed by atoms with van der Waals surface area (Å²) >= 11 is 0. The Labute approximate surface area is 85.5 Å². The molecule has 5 N–H and O–H groups in total. The molecule has 0 aliphatic heterocycles. The predicted octanol–water partition coefficient (Wildman–Crippen LogP) is -3.48. The summed E-state index contributed by atoms with van der Waals surface area (Å²) in [6, 6.07) is 0. The third kappa shape index (κ3) is 5.16. The minimum absolute atomic E-state index is 0.0892. The summed E-state index contributed by atoms with van der Waals surface area (Å²) < 4.78 is 28.9. The number of hydrogen-bond acceptors (Lipinski definition) is 7. The van der Waals surface area contributed by atoms with E-state index in [9.17, 15) is 13.2 Å². The molecule has 8 nitrogen and oxygen atoms in total. The number of aliphatic hydroxyl groups is 4. The van der Waals surface area contributed by atoms with Gasteiger partial charge in [-0.1, -0.05) is 0 Å². The molecule has 0 aromatic carbocycles. The van der Waals surface area contributed by atoms with Crippen LogP contribution in [-0.2, 0) is 14.9 Å². The zero-order chi connectivity index (χ0) is 12.2. The van der Waals surface area contributed by atoms with Crippen molar-refractivity contribution in [1.82, 2.24) is 0 Å². The molecule has 0 rings (SSSR count). The first kappa shape index (κ1) is 14.4. The quantitative estimate of drug-likeness (QED) is 0.238. The number of aliphatic hydroxyl groups excluding tert-OH is 4. The highest BCUT2D eigenvalue weighted by Gasteiger charge is 2.32. The average molecular weight is 244 g/mol. The first-order valence-electron chi connectivity index (χ1n) is 3.81. The summed E-state index contributed by atoms with van der Waals surface area (Å²) in [6.07, 6.45) is -8.14. The minimum Gasteiger partial charge on any atom is -0.389 e. The van der Waals surface area contributed by atoms with Crippen molar-refractivity contribution >= 4 is 16.4 Å². The lowest BCUT2D eigenvalue weighted by Gasteiger charge is -2.23. The van der Waals surface area contributed by atoms with Crippen LogP contribution in [-0.4, -0.2) is 69.9 Å². The molecule has 0 aromatic heterocycles. The fourth-order valence-electron chi connectivity index (χ4n) is 0.825. The second-order valence-electron chi connectivity index (χ2n) is 2.92. The van der Waals surface area contributed by atoms with E-state index in [0.717, 1.165) is 0 Å². The van der Waals surface area contributed by atoms with Crippen molar-refractivity contribution in [2.45, 2.75) is 24.4 Å². The smallest absolute Gasteiger partial charge is 0.267 e. The lowest BCUT2D eigenvalue weighted by Crippen LogP contribution is -2.47. The third-order valence-electron chi connectivity index (χ3n) is 1.61. The maximum Gasteiger partial charge on any atom is 0.267 e. The van der Waals surface area contributed by atoms with E-state index in [1.807, 2.05) is 0 Å². The molecule has 0 spiro atoms. The highest BCUT2D eigenvalue weighted by atomic mass is 32.2. The van der Waals surface area contributed by atoms with Crippen LogP contribution >= 0.6 is 0 Å². The number of carbonyl (C=O) groups is 1. The van der Waals surface area contributed by atoms with E-state index in [0.29, 0.717) is 0 Å². The summed E-state index contributed by atoms with van der Waals surface area (Å²) in [5.41, 5.74) is 0. The van der Waals surface area contributed by atoms with Crippen molar-refractivity contribution in [3.8, 4) is 0 Å². The van der Waals surface area contributed by atoms with Gasteiger partial charge >= 0.3 is 0 Å².